The first-order valence-corrected chi connectivity index (χ1v) is 12.4. The number of rotatable bonds is 9. The van der Waals surface area contributed by atoms with E-state index in [0.29, 0.717) is 23.7 Å². The number of amides is 1. The Labute approximate surface area is 205 Å². The summed E-state index contributed by atoms with van der Waals surface area (Å²) in [4.78, 5) is 29.5. The van der Waals surface area contributed by atoms with Crippen LogP contribution >= 0.6 is 0 Å². The molecule has 3 N–H and O–H groups in total. The molecular weight excluding hydrogens is 444 g/mol. The van der Waals surface area contributed by atoms with Gasteiger partial charge in [-0.25, -0.2) is 9.78 Å². The van der Waals surface area contributed by atoms with Gasteiger partial charge in [-0.05, 0) is 55.2 Å². The average Bonchev–Trinajstić information content (AvgIpc) is 3.24. The van der Waals surface area contributed by atoms with Gasteiger partial charge in [-0.2, -0.15) is 0 Å². The van der Waals surface area contributed by atoms with Crippen LogP contribution in [-0.2, 0) is 4.79 Å². The predicted molar refractivity (Wildman–Crippen MR) is 136 cm³/mol. The van der Waals surface area contributed by atoms with Crippen molar-refractivity contribution in [2.75, 3.05) is 12.4 Å². The highest BCUT2D eigenvalue weighted by Gasteiger charge is 2.26. The van der Waals surface area contributed by atoms with Gasteiger partial charge in [0.2, 0.25) is 0 Å². The molecule has 0 aliphatic heterocycles. The van der Waals surface area contributed by atoms with E-state index < -0.39 is 17.9 Å². The molecule has 8 nitrogen and oxygen atoms in total. The maximum atomic E-state index is 12.9. The first-order chi connectivity index (χ1) is 16.9. The molecule has 1 fully saturated rings. The summed E-state index contributed by atoms with van der Waals surface area (Å²) in [5.74, 6) is 0.0329. The van der Waals surface area contributed by atoms with Gasteiger partial charge >= 0.3 is 5.97 Å². The third-order valence-electron chi connectivity index (χ3n) is 6.96. The number of anilines is 1. The zero-order chi connectivity index (χ0) is 24.9. The number of nitrogens with zero attached hydrogens (tertiary/aromatic N) is 2. The van der Waals surface area contributed by atoms with Crippen LogP contribution in [0.15, 0.2) is 42.6 Å². The van der Waals surface area contributed by atoms with Gasteiger partial charge in [-0.3, -0.25) is 9.20 Å². The van der Waals surface area contributed by atoms with E-state index in [0.717, 1.165) is 35.7 Å². The molecule has 2 heterocycles. The van der Waals surface area contributed by atoms with Gasteiger partial charge in [-0.1, -0.05) is 39.5 Å². The average molecular weight is 479 g/mol. The van der Waals surface area contributed by atoms with Crippen LogP contribution in [0.25, 0.3) is 16.9 Å². The Morgan fingerprint density at radius 2 is 1.89 bits per heavy atom. The van der Waals surface area contributed by atoms with Crippen LogP contribution in [-0.4, -0.2) is 45.6 Å². The van der Waals surface area contributed by atoms with Crippen molar-refractivity contribution in [2.45, 2.75) is 64.5 Å². The van der Waals surface area contributed by atoms with Crippen molar-refractivity contribution >= 4 is 23.3 Å². The number of carboxylic acid groups (broad SMARTS) is 1. The van der Waals surface area contributed by atoms with E-state index in [1.807, 2.05) is 48.7 Å². The lowest BCUT2D eigenvalue weighted by Gasteiger charge is -2.24. The molecule has 35 heavy (non-hydrogen) atoms. The lowest BCUT2D eigenvalue weighted by molar-refractivity contribution is -0.140. The predicted octanol–water partition coefficient (Wildman–Crippen LogP) is 4.98. The quantitative estimate of drug-likeness (QED) is 0.400. The molecule has 0 bridgehead atoms. The highest BCUT2D eigenvalue weighted by Crippen LogP contribution is 2.32. The number of hydrogen-bond donors (Lipinski definition) is 3. The van der Waals surface area contributed by atoms with Crippen LogP contribution in [0.3, 0.4) is 0 Å². The van der Waals surface area contributed by atoms with Crippen LogP contribution in [0.1, 0.15) is 62.7 Å². The minimum atomic E-state index is -1.03. The van der Waals surface area contributed by atoms with E-state index in [2.05, 4.69) is 10.6 Å². The largest absolute Gasteiger partial charge is 0.497 e. The van der Waals surface area contributed by atoms with E-state index >= 15 is 0 Å². The molecule has 0 spiro atoms. The number of nitrogens with one attached hydrogen (secondary N) is 2. The summed E-state index contributed by atoms with van der Waals surface area (Å²) < 4.78 is 7.27. The molecule has 186 valence electrons. The number of carbonyl (C=O) groups is 2. The van der Waals surface area contributed by atoms with Crippen molar-refractivity contribution in [3.63, 3.8) is 0 Å². The third-order valence-corrected chi connectivity index (χ3v) is 6.96. The van der Waals surface area contributed by atoms with E-state index in [4.69, 9.17) is 9.72 Å². The fraction of sp³-hybridized carbons (Fsp3) is 0.444. The molecule has 4 rings (SSSR count). The topological polar surface area (TPSA) is 105 Å². The number of ether oxygens (including phenoxy) is 1. The van der Waals surface area contributed by atoms with Gasteiger partial charge in [-0.15, -0.1) is 0 Å². The van der Waals surface area contributed by atoms with Crippen LogP contribution in [0, 0.1) is 5.92 Å². The standard InChI is InChI=1S/C27H34N4O4/c1-4-17(2)23(27(33)34)30-26(32)19-14-15-31-22(16-19)29-24(18-10-12-21(35-3)13-11-18)25(31)28-20-8-6-5-7-9-20/h10-17,20,23,28H,4-9H2,1-3H3,(H,30,32)(H,33,34). The molecule has 0 saturated heterocycles. The summed E-state index contributed by atoms with van der Waals surface area (Å²) in [5.41, 5.74) is 2.75. The number of carboxylic acids is 1. The van der Waals surface area contributed by atoms with Gasteiger partial charge in [0.15, 0.2) is 0 Å². The number of hydrogen-bond acceptors (Lipinski definition) is 5. The molecular formula is C27H34N4O4. The summed E-state index contributed by atoms with van der Waals surface area (Å²) in [6.45, 7) is 3.73. The molecule has 2 atom stereocenters. The zero-order valence-electron chi connectivity index (χ0n) is 20.6. The molecule has 1 aliphatic rings. The van der Waals surface area contributed by atoms with Crippen molar-refractivity contribution < 1.29 is 19.4 Å². The molecule has 1 aliphatic carbocycles. The number of methoxy groups -OCH3 is 1. The molecule has 1 amide bonds. The fourth-order valence-electron chi connectivity index (χ4n) is 4.62. The number of benzene rings is 1. The van der Waals surface area contributed by atoms with E-state index in [9.17, 15) is 14.7 Å². The van der Waals surface area contributed by atoms with Crippen LogP contribution in [0.2, 0.25) is 0 Å². The van der Waals surface area contributed by atoms with Crippen molar-refractivity contribution in [2.24, 2.45) is 5.92 Å². The number of carbonyl (C=O) groups excluding carboxylic acids is 1. The fourth-order valence-corrected chi connectivity index (χ4v) is 4.62. The Morgan fingerprint density at radius 3 is 2.51 bits per heavy atom. The van der Waals surface area contributed by atoms with E-state index in [1.165, 1.54) is 19.3 Å². The molecule has 2 unspecified atom stereocenters. The second-order valence-electron chi connectivity index (χ2n) is 9.34. The summed E-state index contributed by atoms with van der Waals surface area (Å²) in [5, 5.41) is 15.9. The maximum absolute atomic E-state index is 12.9. The molecule has 0 radical (unpaired) electrons. The van der Waals surface area contributed by atoms with Crippen molar-refractivity contribution in [1.82, 2.24) is 14.7 Å². The van der Waals surface area contributed by atoms with Gasteiger partial charge in [0, 0.05) is 23.4 Å². The summed E-state index contributed by atoms with van der Waals surface area (Å²) >= 11 is 0. The molecule has 2 aromatic heterocycles. The molecule has 1 aromatic carbocycles. The van der Waals surface area contributed by atoms with E-state index in [-0.39, 0.29) is 5.92 Å². The first-order valence-electron chi connectivity index (χ1n) is 12.4. The minimum absolute atomic E-state index is 0.181. The highest BCUT2D eigenvalue weighted by molar-refractivity contribution is 5.97. The second kappa shape index (κ2) is 10.8. The first kappa shape index (κ1) is 24.6. The Bertz CT molecular complexity index is 1180. The zero-order valence-corrected chi connectivity index (χ0v) is 20.6. The summed E-state index contributed by atoms with van der Waals surface area (Å²) in [7, 11) is 1.64. The second-order valence-corrected chi connectivity index (χ2v) is 9.34. The Morgan fingerprint density at radius 1 is 1.17 bits per heavy atom. The lowest BCUT2D eigenvalue weighted by Crippen LogP contribution is -2.45. The Balaban J connectivity index is 1.70. The third kappa shape index (κ3) is 5.42. The van der Waals surface area contributed by atoms with Gasteiger partial charge in [0.25, 0.3) is 5.91 Å². The lowest BCUT2D eigenvalue weighted by atomic mass is 9.95. The van der Waals surface area contributed by atoms with Gasteiger partial charge in [0.1, 0.15) is 29.0 Å². The van der Waals surface area contributed by atoms with Gasteiger partial charge < -0.3 is 20.5 Å². The van der Waals surface area contributed by atoms with Crippen LogP contribution in [0.5, 0.6) is 5.75 Å². The normalized spacial score (nSPS) is 16.0. The molecule has 8 heteroatoms. The minimum Gasteiger partial charge on any atom is -0.497 e. The van der Waals surface area contributed by atoms with E-state index in [1.54, 1.807) is 19.2 Å². The SMILES string of the molecule is CCC(C)C(NC(=O)c1ccn2c(NC3CCCCC3)c(-c3ccc(OC)cc3)nc2c1)C(=O)O. The number of aliphatic carboxylic acids is 1. The number of aromatic nitrogens is 2. The van der Waals surface area contributed by atoms with Crippen molar-refractivity contribution in [1.29, 1.82) is 0 Å². The Kier molecular flexibility index (Phi) is 7.58. The summed E-state index contributed by atoms with van der Waals surface area (Å²) in [6, 6.07) is 10.6. The monoisotopic (exact) mass is 478 g/mol. The number of pyridine rings is 1. The maximum Gasteiger partial charge on any atom is 0.326 e. The number of fused-ring (bicyclic) bond motifs is 1. The molecule has 1 saturated carbocycles. The van der Waals surface area contributed by atoms with Crippen molar-refractivity contribution in [3.8, 4) is 17.0 Å². The highest BCUT2D eigenvalue weighted by atomic mass is 16.5. The Hall–Kier alpha value is -3.55. The van der Waals surface area contributed by atoms with Crippen molar-refractivity contribution in [3.05, 3.63) is 48.2 Å². The smallest absolute Gasteiger partial charge is 0.326 e. The number of imidazole rings is 1. The molecule has 3 aromatic rings. The van der Waals surface area contributed by atoms with Gasteiger partial charge in [0.05, 0.1) is 7.11 Å². The van der Waals surface area contributed by atoms with Crippen LogP contribution < -0.4 is 15.4 Å². The van der Waals surface area contributed by atoms with Crippen LogP contribution in [0.4, 0.5) is 5.82 Å². The summed E-state index contributed by atoms with van der Waals surface area (Å²) in [6.07, 6.45) is 8.38.